The highest BCUT2D eigenvalue weighted by Gasteiger charge is 2.52. The van der Waals surface area contributed by atoms with E-state index in [0.717, 1.165) is 15.9 Å². The quantitative estimate of drug-likeness (QED) is 0.0316. The average molecular weight is 952 g/mol. The van der Waals surface area contributed by atoms with Crippen molar-refractivity contribution in [2.24, 2.45) is 10.3 Å². The van der Waals surface area contributed by atoms with Gasteiger partial charge in [-0.25, -0.2) is 8.42 Å². The van der Waals surface area contributed by atoms with Crippen molar-refractivity contribution in [2.45, 2.75) is 134 Å². The molecule has 5 rings (SSSR count). The molecule has 11 heteroatoms. The summed E-state index contributed by atoms with van der Waals surface area (Å²) in [4.78, 5) is 0.244. The van der Waals surface area contributed by atoms with E-state index in [4.69, 9.17) is 8.85 Å². The van der Waals surface area contributed by atoms with E-state index in [1.165, 1.54) is 10.4 Å². The first-order valence-corrected chi connectivity index (χ1v) is 29.6. The summed E-state index contributed by atoms with van der Waals surface area (Å²) >= 11 is -1.37. The molecule has 0 N–H and O–H groups in total. The van der Waals surface area contributed by atoms with Crippen LogP contribution in [0.1, 0.15) is 107 Å². The monoisotopic (exact) mass is 950 g/mol. The van der Waals surface area contributed by atoms with Crippen molar-refractivity contribution in [3.8, 4) is 0 Å². The maximum Gasteiger partial charge on any atom is 0.261 e. The van der Waals surface area contributed by atoms with E-state index in [1.54, 1.807) is 22.7 Å². The molecule has 0 bridgehead atoms. The number of rotatable bonds is 21. The third-order valence-electron chi connectivity index (χ3n) is 12.2. The molecule has 1 unspecified atom stereocenters. The normalized spacial score (nSPS) is 14.3. The van der Waals surface area contributed by atoms with Crippen molar-refractivity contribution in [3.63, 3.8) is 0 Å². The Kier molecular flexibility index (Phi) is 18.1. The van der Waals surface area contributed by atoms with Crippen molar-refractivity contribution < 1.29 is 21.8 Å². The molecule has 2 atom stereocenters. The van der Waals surface area contributed by atoms with Gasteiger partial charge in [0, 0.05) is 12.6 Å². The Balaban J connectivity index is 1.53. The Morgan fingerprint density at radius 3 is 1.43 bits per heavy atom. The van der Waals surface area contributed by atoms with Crippen LogP contribution in [-0.2, 0) is 36.8 Å². The lowest BCUT2D eigenvalue weighted by Gasteiger charge is -2.44. The van der Waals surface area contributed by atoms with Crippen molar-refractivity contribution in [3.05, 3.63) is 151 Å². The van der Waals surface area contributed by atoms with Crippen LogP contribution in [0.2, 0.25) is 10.1 Å². The van der Waals surface area contributed by atoms with E-state index in [-0.39, 0.29) is 27.5 Å². The molecule has 5 aromatic rings. The highest BCUT2D eigenvalue weighted by atomic mass is 32.2. The van der Waals surface area contributed by atoms with Crippen LogP contribution < -0.4 is 20.7 Å². The van der Waals surface area contributed by atoms with Gasteiger partial charge in [-0.1, -0.05) is 193 Å². The maximum atomic E-state index is 15.3. The zero-order valence-electron chi connectivity index (χ0n) is 40.8. The van der Waals surface area contributed by atoms with Gasteiger partial charge < -0.3 is 13.4 Å². The number of hydrogen-bond acceptors (Lipinski definition) is 6. The number of nitrogens with zero attached hydrogens (tertiary/aromatic N) is 2. The fourth-order valence-corrected chi connectivity index (χ4v) is 20.1. The summed E-state index contributed by atoms with van der Waals surface area (Å²) in [7, 11) is -9.87. The fraction of sp³-hybridized carbons (Fsp3) is 0.426. The molecule has 0 heterocycles. The first-order valence-electron chi connectivity index (χ1n) is 23.2. The van der Waals surface area contributed by atoms with Crippen molar-refractivity contribution in [1.82, 2.24) is 4.31 Å². The van der Waals surface area contributed by atoms with Gasteiger partial charge in [0.2, 0.25) is 10.0 Å². The van der Waals surface area contributed by atoms with E-state index < -0.39 is 48.8 Å². The SMILES string of the molecule is CC(C)CCN([C@@H](CCCC=N[S+]([O-])C(C)(C)C)CO[Si](c1ccccc1)(c1ccccc1)C(C)(C)C)S(=O)(=O)c1ccc(CO[Si](c2ccccc2)(c2ccccc2)C(C)(C)C)cc1. The summed E-state index contributed by atoms with van der Waals surface area (Å²) < 4.78 is 63.6. The molecular weight excluding hydrogens is 877 g/mol. The zero-order chi connectivity index (χ0) is 47.5. The molecule has 65 heavy (non-hydrogen) atoms. The summed E-state index contributed by atoms with van der Waals surface area (Å²) in [6.45, 7) is 24.4. The lowest BCUT2D eigenvalue weighted by molar-refractivity contribution is 0.181. The fourth-order valence-electron chi connectivity index (χ4n) is 8.75. The Hall–Kier alpha value is -3.66. The summed E-state index contributed by atoms with van der Waals surface area (Å²) in [5.74, 6) is 0.270. The van der Waals surface area contributed by atoms with Gasteiger partial charge in [-0.05, 0) is 101 Å². The van der Waals surface area contributed by atoms with Gasteiger partial charge in [0.1, 0.15) is 16.1 Å². The first kappa shape index (κ1) is 52.3. The van der Waals surface area contributed by atoms with Crippen molar-refractivity contribution in [1.29, 1.82) is 0 Å². The Labute approximate surface area is 397 Å². The molecule has 0 aliphatic heterocycles. The Bertz CT molecular complexity index is 2250. The molecule has 5 aromatic carbocycles. The van der Waals surface area contributed by atoms with Crippen LogP contribution in [0.4, 0.5) is 0 Å². The van der Waals surface area contributed by atoms with Crippen LogP contribution in [0.25, 0.3) is 0 Å². The predicted octanol–water partition coefficient (Wildman–Crippen LogP) is 10.4. The van der Waals surface area contributed by atoms with Crippen LogP contribution >= 0.6 is 0 Å². The van der Waals surface area contributed by atoms with Crippen LogP contribution in [-0.4, -0.2) is 64.1 Å². The van der Waals surface area contributed by atoms with Crippen LogP contribution in [0.5, 0.6) is 0 Å². The number of hydrogen-bond donors (Lipinski definition) is 0. The van der Waals surface area contributed by atoms with Crippen LogP contribution in [0, 0.1) is 5.92 Å². The van der Waals surface area contributed by atoms with Gasteiger partial charge >= 0.3 is 0 Å². The molecule has 0 fully saturated rings. The van der Waals surface area contributed by atoms with Gasteiger partial charge in [0.05, 0.1) is 24.3 Å². The molecular formula is C54H74N2O5S2Si2. The number of benzene rings is 5. The minimum Gasteiger partial charge on any atom is -0.591 e. The van der Waals surface area contributed by atoms with Gasteiger partial charge in [0.15, 0.2) is 0 Å². The standard InChI is InChI=1S/C54H74N2O5S2Si2/c1-44(2)39-41-56(63(58,59)47-37-35-45(36-38-47)42-60-64(53(6,7)8,48-27-16-12-17-28-48)49-29-18-13-19-30-49)46(26-24-25-40-55-62(57)52(3,4)5)43-61-65(54(9,10)11,50-31-20-14-21-32-50)51-33-22-15-23-34-51/h12-23,27-38,40,44,46H,24-26,39,41-43H2,1-11H3/t46-,62?/m0/s1. The van der Waals surface area contributed by atoms with Gasteiger partial charge in [0.25, 0.3) is 16.6 Å². The van der Waals surface area contributed by atoms with E-state index in [2.05, 4.69) is 157 Å². The van der Waals surface area contributed by atoms with Crippen LogP contribution in [0.15, 0.2) is 155 Å². The molecule has 0 saturated heterocycles. The number of sulfonamides is 1. The smallest absolute Gasteiger partial charge is 0.261 e. The van der Waals surface area contributed by atoms with E-state index in [0.29, 0.717) is 38.8 Å². The predicted molar refractivity (Wildman–Crippen MR) is 280 cm³/mol. The summed E-state index contributed by atoms with van der Waals surface area (Å²) in [6, 6.07) is 48.9. The third kappa shape index (κ3) is 12.7. The van der Waals surface area contributed by atoms with Gasteiger partial charge in [-0.3, -0.25) is 0 Å². The summed E-state index contributed by atoms with van der Waals surface area (Å²) in [5, 5.41) is 4.18. The molecule has 0 aliphatic rings. The minimum absolute atomic E-state index is 0.197. The van der Waals surface area contributed by atoms with Gasteiger partial charge in [-0.2, -0.15) is 4.31 Å². The zero-order valence-corrected chi connectivity index (χ0v) is 44.4. The molecule has 0 amide bonds. The largest absolute Gasteiger partial charge is 0.591 e. The van der Waals surface area contributed by atoms with Crippen LogP contribution in [0.3, 0.4) is 0 Å². The summed E-state index contributed by atoms with van der Waals surface area (Å²) in [5.41, 5.74) is 0.907. The van der Waals surface area contributed by atoms with Crippen molar-refractivity contribution in [2.75, 3.05) is 13.2 Å². The number of unbranched alkanes of at least 4 members (excludes halogenated alkanes) is 1. The Morgan fingerprint density at radius 2 is 1.05 bits per heavy atom. The van der Waals surface area contributed by atoms with E-state index in [9.17, 15) is 4.55 Å². The van der Waals surface area contributed by atoms with E-state index >= 15 is 8.42 Å². The molecule has 0 aromatic heterocycles. The first-order chi connectivity index (χ1) is 30.6. The van der Waals surface area contributed by atoms with Crippen molar-refractivity contribution >= 4 is 65.0 Å². The second-order valence-electron chi connectivity index (χ2n) is 20.6. The molecule has 0 saturated carbocycles. The molecule has 350 valence electrons. The summed E-state index contributed by atoms with van der Waals surface area (Å²) in [6.07, 6.45) is 4.17. The second-order valence-corrected chi connectivity index (χ2v) is 33.0. The topological polar surface area (TPSA) is 91.3 Å². The molecule has 0 spiro atoms. The lowest BCUT2D eigenvalue weighted by Crippen LogP contribution is -2.67. The van der Waals surface area contributed by atoms with Gasteiger partial charge in [-0.15, -0.1) is 0 Å². The highest BCUT2D eigenvalue weighted by Crippen LogP contribution is 2.39. The molecule has 7 nitrogen and oxygen atoms in total. The minimum atomic E-state index is -4.02. The lowest BCUT2D eigenvalue weighted by atomic mass is 10.1. The average Bonchev–Trinajstić information content (AvgIpc) is 3.26. The maximum absolute atomic E-state index is 15.3. The highest BCUT2D eigenvalue weighted by molar-refractivity contribution is 7.91. The molecule has 0 radical (unpaired) electrons. The second kappa shape index (κ2) is 22.4. The third-order valence-corrected chi connectivity index (χ3v) is 25.6. The van der Waals surface area contributed by atoms with E-state index in [1.807, 2.05) is 57.2 Å². The Morgan fingerprint density at radius 1 is 0.631 bits per heavy atom. The molecule has 0 aliphatic carbocycles.